The molecule has 1 aliphatic heterocycles. The fourth-order valence-corrected chi connectivity index (χ4v) is 2.77. The summed E-state index contributed by atoms with van der Waals surface area (Å²) in [4.78, 5) is 4.57. The summed E-state index contributed by atoms with van der Waals surface area (Å²) in [5, 5.41) is 0. The Labute approximate surface area is 108 Å². The molecule has 0 aliphatic carbocycles. The summed E-state index contributed by atoms with van der Waals surface area (Å²) < 4.78 is 13.2. The Balaban J connectivity index is 2.09. The molecule has 1 atom stereocenters. The fraction of sp³-hybridized carbons (Fsp3) is 0.571. The zero-order valence-corrected chi connectivity index (χ0v) is 11.2. The van der Waals surface area contributed by atoms with E-state index in [-0.39, 0.29) is 11.4 Å². The van der Waals surface area contributed by atoms with Gasteiger partial charge in [0.25, 0.3) is 0 Å². The van der Waals surface area contributed by atoms with Gasteiger partial charge in [-0.1, -0.05) is 12.1 Å². The van der Waals surface area contributed by atoms with E-state index in [1.54, 1.807) is 12.1 Å². The van der Waals surface area contributed by atoms with E-state index in [2.05, 4.69) is 23.9 Å². The molecule has 100 valence electrons. The van der Waals surface area contributed by atoms with Gasteiger partial charge in [0.1, 0.15) is 5.82 Å². The van der Waals surface area contributed by atoms with Crippen LogP contribution in [0.5, 0.6) is 0 Å². The van der Waals surface area contributed by atoms with Crippen LogP contribution in [-0.2, 0) is 6.54 Å². The number of likely N-dealkylation sites (tertiary alicyclic amines) is 1. The third-order valence-electron chi connectivity index (χ3n) is 4.02. The van der Waals surface area contributed by atoms with Crippen LogP contribution in [-0.4, -0.2) is 49.1 Å². The van der Waals surface area contributed by atoms with Gasteiger partial charge in [0.15, 0.2) is 0 Å². The van der Waals surface area contributed by atoms with E-state index in [4.69, 9.17) is 5.73 Å². The van der Waals surface area contributed by atoms with Gasteiger partial charge in [0, 0.05) is 25.2 Å². The summed E-state index contributed by atoms with van der Waals surface area (Å²) in [6, 6.07) is 6.79. The number of halogens is 1. The number of hydrogen-bond acceptors (Lipinski definition) is 3. The average molecular weight is 251 g/mol. The van der Waals surface area contributed by atoms with E-state index in [0.717, 1.165) is 31.6 Å². The van der Waals surface area contributed by atoms with Crippen LogP contribution in [0.15, 0.2) is 24.3 Å². The summed E-state index contributed by atoms with van der Waals surface area (Å²) in [6.45, 7) is 3.44. The Bertz CT molecular complexity index is 410. The first-order valence-electron chi connectivity index (χ1n) is 6.40. The van der Waals surface area contributed by atoms with Crippen molar-refractivity contribution in [3.05, 3.63) is 35.6 Å². The van der Waals surface area contributed by atoms with Gasteiger partial charge in [-0.05, 0) is 44.8 Å². The molecule has 0 bridgehead atoms. The second kappa shape index (κ2) is 5.34. The van der Waals surface area contributed by atoms with E-state index in [1.165, 1.54) is 6.07 Å². The van der Waals surface area contributed by atoms with Crippen molar-refractivity contribution < 1.29 is 4.39 Å². The van der Waals surface area contributed by atoms with Gasteiger partial charge in [0.2, 0.25) is 0 Å². The smallest absolute Gasteiger partial charge is 0.123 e. The molecular formula is C14H22FN3. The van der Waals surface area contributed by atoms with Crippen LogP contribution in [0.3, 0.4) is 0 Å². The molecule has 1 heterocycles. The van der Waals surface area contributed by atoms with Crippen LogP contribution < -0.4 is 5.73 Å². The topological polar surface area (TPSA) is 32.5 Å². The first-order chi connectivity index (χ1) is 8.55. The molecule has 1 aromatic carbocycles. The van der Waals surface area contributed by atoms with E-state index >= 15 is 0 Å². The number of benzene rings is 1. The van der Waals surface area contributed by atoms with Crippen molar-refractivity contribution in [1.82, 2.24) is 9.80 Å². The number of likely N-dealkylation sites (N-methyl/N-ethyl adjacent to an activating group) is 2. The summed E-state index contributed by atoms with van der Waals surface area (Å²) in [5.41, 5.74) is 7.00. The fourth-order valence-electron chi connectivity index (χ4n) is 2.77. The van der Waals surface area contributed by atoms with Gasteiger partial charge in [-0.2, -0.15) is 0 Å². The molecule has 0 radical (unpaired) electrons. The van der Waals surface area contributed by atoms with Crippen LogP contribution in [0, 0.1) is 5.82 Å². The number of hydrogen-bond donors (Lipinski definition) is 1. The van der Waals surface area contributed by atoms with Gasteiger partial charge < -0.3 is 10.6 Å². The van der Waals surface area contributed by atoms with Crippen molar-refractivity contribution in [2.75, 3.05) is 33.7 Å². The standard InChI is InChI=1S/C14H22FN3/c1-17-7-6-14(10-16,11-17)18(2)9-12-4-3-5-13(15)8-12/h3-5,8H,6-7,9-11,16H2,1-2H3. The van der Waals surface area contributed by atoms with Crippen molar-refractivity contribution in [3.63, 3.8) is 0 Å². The van der Waals surface area contributed by atoms with E-state index in [1.807, 2.05) is 6.07 Å². The lowest BCUT2D eigenvalue weighted by molar-refractivity contribution is 0.126. The summed E-state index contributed by atoms with van der Waals surface area (Å²) >= 11 is 0. The van der Waals surface area contributed by atoms with E-state index in [0.29, 0.717) is 6.54 Å². The highest BCUT2D eigenvalue weighted by Gasteiger charge is 2.38. The Morgan fingerprint density at radius 3 is 2.83 bits per heavy atom. The first-order valence-corrected chi connectivity index (χ1v) is 6.40. The quantitative estimate of drug-likeness (QED) is 0.875. The molecule has 0 saturated carbocycles. The van der Waals surface area contributed by atoms with Crippen molar-refractivity contribution in [2.45, 2.75) is 18.5 Å². The third-order valence-corrected chi connectivity index (χ3v) is 4.02. The number of nitrogens with zero attached hydrogens (tertiary/aromatic N) is 2. The molecule has 0 aromatic heterocycles. The van der Waals surface area contributed by atoms with Gasteiger partial charge in [-0.25, -0.2) is 4.39 Å². The lowest BCUT2D eigenvalue weighted by Gasteiger charge is -2.38. The third kappa shape index (κ3) is 2.71. The predicted molar refractivity (Wildman–Crippen MR) is 71.8 cm³/mol. The molecule has 1 saturated heterocycles. The maximum Gasteiger partial charge on any atom is 0.123 e. The normalized spacial score (nSPS) is 24.9. The zero-order valence-electron chi connectivity index (χ0n) is 11.2. The predicted octanol–water partition coefficient (Wildman–Crippen LogP) is 1.29. The molecule has 3 nitrogen and oxygen atoms in total. The van der Waals surface area contributed by atoms with E-state index < -0.39 is 0 Å². The second-order valence-corrected chi connectivity index (χ2v) is 5.40. The molecular weight excluding hydrogens is 229 g/mol. The maximum absolute atomic E-state index is 13.2. The number of nitrogens with two attached hydrogens (primary N) is 1. The Morgan fingerprint density at radius 1 is 1.50 bits per heavy atom. The Kier molecular flexibility index (Phi) is 4.00. The second-order valence-electron chi connectivity index (χ2n) is 5.40. The maximum atomic E-state index is 13.2. The van der Waals surface area contributed by atoms with Crippen molar-refractivity contribution in [3.8, 4) is 0 Å². The monoisotopic (exact) mass is 251 g/mol. The Hall–Kier alpha value is -0.970. The molecule has 0 spiro atoms. The van der Waals surface area contributed by atoms with Gasteiger partial charge >= 0.3 is 0 Å². The van der Waals surface area contributed by atoms with Gasteiger partial charge in [-0.15, -0.1) is 0 Å². The SMILES string of the molecule is CN1CCC(CN)(N(C)Cc2cccc(F)c2)C1. The first kappa shape index (κ1) is 13.5. The lowest BCUT2D eigenvalue weighted by Crippen LogP contribution is -2.53. The largest absolute Gasteiger partial charge is 0.329 e. The molecule has 1 fully saturated rings. The van der Waals surface area contributed by atoms with Crippen molar-refractivity contribution in [1.29, 1.82) is 0 Å². The average Bonchev–Trinajstić information content (AvgIpc) is 2.72. The number of rotatable bonds is 4. The minimum Gasteiger partial charge on any atom is -0.329 e. The van der Waals surface area contributed by atoms with Gasteiger partial charge in [0.05, 0.1) is 0 Å². The van der Waals surface area contributed by atoms with Crippen LogP contribution in [0.4, 0.5) is 4.39 Å². The highest BCUT2D eigenvalue weighted by molar-refractivity contribution is 5.17. The van der Waals surface area contributed by atoms with Crippen LogP contribution in [0.2, 0.25) is 0 Å². The van der Waals surface area contributed by atoms with Crippen molar-refractivity contribution >= 4 is 0 Å². The molecule has 2 N–H and O–H groups in total. The van der Waals surface area contributed by atoms with Crippen LogP contribution >= 0.6 is 0 Å². The van der Waals surface area contributed by atoms with Gasteiger partial charge in [-0.3, -0.25) is 4.90 Å². The molecule has 1 aromatic rings. The molecule has 0 amide bonds. The zero-order chi connectivity index (χ0) is 13.2. The van der Waals surface area contributed by atoms with E-state index in [9.17, 15) is 4.39 Å². The minimum atomic E-state index is -0.175. The lowest BCUT2D eigenvalue weighted by atomic mass is 9.96. The molecule has 1 aliphatic rings. The van der Waals surface area contributed by atoms with Crippen LogP contribution in [0.1, 0.15) is 12.0 Å². The van der Waals surface area contributed by atoms with Crippen LogP contribution in [0.25, 0.3) is 0 Å². The summed E-state index contributed by atoms with van der Waals surface area (Å²) in [5.74, 6) is -0.175. The highest BCUT2D eigenvalue weighted by Crippen LogP contribution is 2.26. The summed E-state index contributed by atoms with van der Waals surface area (Å²) in [6.07, 6.45) is 1.08. The minimum absolute atomic E-state index is 0.0288. The highest BCUT2D eigenvalue weighted by atomic mass is 19.1. The molecule has 18 heavy (non-hydrogen) atoms. The molecule has 1 unspecified atom stereocenters. The summed E-state index contributed by atoms with van der Waals surface area (Å²) in [7, 11) is 4.20. The molecule has 2 rings (SSSR count). The Morgan fingerprint density at radius 2 is 2.28 bits per heavy atom. The molecule has 4 heteroatoms. The van der Waals surface area contributed by atoms with Crippen molar-refractivity contribution in [2.24, 2.45) is 5.73 Å².